The van der Waals surface area contributed by atoms with Crippen LogP contribution < -0.4 is 20.7 Å². The van der Waals surface area contributed by atoms with Crippen LogP contribution in [-0.4, -0.2) is 25.0 Å². The van der Waals surface area contributed by atoms with E-state index in [1.807, 2.05) is 31.2 Å². The summed E-state index contributed by atoms with van der Waals surface area (Å²) in [5.74, 6) is 0.401. The van der Waals surface area contributed by atoms with Crippen molar-refractivity contribution in [3.63, 3.8) is 0 Å². The fourth-order valence-corrected chi connectivity index (χ4v) is 2.13. The molecule has 6 heteroatoms. The maximum atomic E-state index is 12.1. The summed E-state index contributed by atoms with van der Waals surface area (Å²) in [5, 5.41) is 8.52. The van der Waals surface area contributed by atoms with Gasteiger partial charge in [0.05, 0.1) is 6.54 Å². The number of nitrogens with one attached hydrogen (secondary N) is 3. The van der Waals surface area contributed by atoms with Crippen molar-refractivity contribution in [3.05, 3.63) is 60.7 Å². The minimum atomic E-state index is -0.175. The zero-order valence-electron chi connectivity index (χ0n) is 15.0. The van der Waals surface area contributed by atoms with E-state index < -0.39 is 0 Å². The van der Waals surface area contributed by atoms with Gasteiger partial charge in [-0.3, -0.25) is 9.59 Å². The van der Waals surface area contributed by atoms with Crippen molar-refractivity contribution in [2.45, 2.75) is 13.8 Å². The molecule has 0 atom stereocenters. The van der Waals surface area contributed by atoms with E-state index in [9.17, 15) is 9.59 Å². The second-order valence-electron chi connectivity index (χ2n) is 5.93. The van der Waals surface area contributed by atoms with Gasteiger partial charge in [-0.1, -0.05) is 12.6 Å². The van der Waals surface area contributed by atoms with Crippen molar-refractivity contribution >= 4 is 28.9 Å². The van der Waals surface area contributed by atoms with Crippen LogP contribution in [0.2, 0.25) is 0 Å². The average molecular weight is 353 g/mol. The van der Waals surface area contributed by atoms with Gasteiger partial charge >= 0.3 is 0 Å². The maximum absolute atomic E-state index is 12.1. The van der Waals surface area contributed by atoms with Crippen LogP contribution >= 0.6 is 0 Å². The second kappa shape index (κ2) is 9.27. The number of ether oxygens (including phenoxy) is 1. The predicted octanol–water partition coefficient (Wildman–Crippen LogP) is 3.65. The van der Waals surface area contributed by atoms with Crippen molar-refractivity contribution in [2.24, 2.45) is 0 Å². The summed E-state index contributed by atoms with van der Waals surface area (Å²) >= 11 is 0. The third-order valence-corrected chi connectivity index (χ3v) is 3.26. The van der Waals surface area contributed by atoms with E-state index >= 15 is 0 Å². The monoisotopic (exact) mass is 353 g/mol. The van der Waals surface area contributed by atoms with Crippen LogP contribution in [-0.2, 0) is 9.59 Å². The highest BCUT2D eigenvalue weighted by atomic mass is 16.5. The lowest BCUT2D eigenvalue weighted by molar-refractivity contribution is -0.115. The highest BCUT2D eigenvalue weighted by Crippen LogP contribution is 2.18. The fourth-order valence-electron chi connectivity index (χ4n) is 2.13. The first-order chi connectivity index (χ1) is 12.4. The van der Waals surface area contributed by atoms with Crippen molar-refractivity contribution in [1.29, 1.82) is 0 Å². The molecule has 136 valence electrons. The van der Waals surface area contributed by atoms with Crippen molar-refractivity contribution in [1.82, 2.24) is 0 Å². The highest BCUT2D eigenvalue weighted by Gasteiger charge is 2.04. The molecule has 0 heterocycles. The Hall–Kier alpha value is -3.28. The van der Waals surface area contributed by atoms with Crippen LogP contribution in [0, 0.1) is 0 Å². The largest absolute Gasteiger partial charge is 0.489 e. The topological polar surface area (TPSA) is 79.5 Å². The van der Waals surface area contributed by atoms with Crippen molar-refractivity contribution < 1.29 is 14.3 Å². The molecule has 26 heavy (non-hydrogen) atoms. The molecule has 0 aromatic heterocycles. The number of hydrogen-bond donors (Lipinski definition) is 3. The first-order valence-corrected chi connectivity index (χ1v) is 8.21. The van der Waals surface area contributed by atoms with E-state index in [2.05, 4.69) is 22.5 Å². The van der Waals surface area contributed by atoms with Crippen LogP contribution in [0.15, 0.2) is 60.7 Å². The SMILES string of the molecule is C=C(C)COc1cccc(NCC(=O)Nc2ccc(NC(C)=O)cc2)c1. The predicted molar refractivity (Wildman–Crippen MR) is 105 cm³/mol. The molecule has 2 aromatic carbocycles. The summed E-state index contributed by atoms with van der Waals surface area (Å²) in [6.07, 6.45) is 0. The summed E-state index contributed by atoms with van der Waals surface area (Å²) in [6, 6.07) is 14.3. The molecule has 0 radical (unpaired) electrons. The molecule has 0 aliphatic heterocycles. The minimum Gasteiger partial charge on any atom is -0.489 e. The molecule has 2 amide bonds. The van der Waals surface area contributed by atoms with Gasteiger partial charge in [-0.2, -0.15) is 0 Å². The molecule has 0 aliphatic rings. The number of benzene rings is 2. The van der Waals surface area contributed by atoms with Crippen LogP contribution in [0.4, 0.5) is 17.1 Å². The Labute approximate surface area is 153 Å². The van der Waals surface area contributed by atoms with Crippen LogP contribution in [0.1, 0.15) is 13.8 Å². The number of carbonyl (C=O) groups is 2. The maximum Gasteiger partial charge on any atom is 0.243 e. The van der Waals surface area contributed by atoms with E-state index in [4.69, 9.17) is 4.74 Å². The third-order valence-electron chi connectivity index (χ3n) is 3.26. The van der Waals surface area contributed by atoms with Gasteiger partial charge in [0.15, 0.2) is 0 Å². The number of anilines is 3. The molecule has 2 rings (SSSR count). The molecule has 0 unspecified atom stereocenters. The van der Waals surface area contributed by atoms with E-state index in [1.54, 1.807) is 24.3 Å². The third kappa shape index (κ3) is 6.68. The molecular formula is C20H23N3O3. The molecule has 0 spiro atoms. The lowest BCUT2D eigenvalue weighted by Crippen LogP contribution is -2.21. The lowest BCUT2D eigenvalue weighted by Gasteiger charge is -2.10. The molecule has 0 fully saturated rings. The average Bonchev–Trinajstić information content (AvgIpc) is 2.60. The number of hydrogen-bond acceptors (Lipinski definition) is 4. The molecule has 2 aromatic rings. The summed E-state index contributed by atoms with van der Waals surface area (Å²) in [5.41, 5.74) is 3.07. The number of rotatable bonds is 8. The van der Waals surface area contributed by atoms with Gasteiger partial charge in [-0.25, -0.2) is 0 Å². The Kier molecular flexibility index (Phi) is 6.79. The summed E-state index contributed by atoms with van der Waals surface area (Å²) < 4.78 is 5.58. The Morgan fingerprint density at radius 1 is 0.962 bits per heavy atom. The summed E-state index contributed by atoms with van der Waals surface area (Å²) in [7, 11) is 0. The van der Waals surface area contributed by atoms with Gasteiger partial charge in [0.2, 0.25) is 11.8 Å². The molecule has 3 N–H and O–H groups in total. The molecule has 0 saturated carbocycles. The lowest BCUT2D eigenvalue weighted by atomic mass is 10.2. The molecule has 0 bridgehead atoms. The minimum absolute atomic E-state index is 0.122. The van der Waals surface area contributed by atoms with Crippen LogP contribution in [0.5, 0.6) is 5.75 Å². The summed E-state index contributed by atoms with van der Waals surface area (Å²) in [4.78, 5) is 23.1. The van der Waals surface area contributed by atoms with Gasteiger partial charge in [-0.15, -0.1) is 0 Å². The summed E-state index contributed by atoms with van der Waals surface area (Å²) in [6.45, 7) is 7.72. The number of carbonyl (C=O) groups excluding carboxylic acids is 2. The Morgan fingerprint density at radius 3 is 2.23 bits per heavy atom. The van der Waals surface area contributed by atoms with Gasteiger partial charge in [0, 0.05) is 30.1 Å². The highest BCUT2D eigenvalue weighted by molar-refractivity contribution is 5.94. The van der Waals surface area contributed by atoms with E-state index in [-0.39, 0.29) is 18.4 Å². The smallest absolute Gasteiger partial charge is 0.243 e. The van der Waals surface area contributed by atoms with Crippen molar-refractivity contribution in [3.8, 4) is 5.75 Å². The Bertz CT molecular complexity index is 785. The van der Waals surface area contributed by atoms with Gasteiger partial charge in [0.25, 0.3) is 0 Å². The Balaban J connectivity index is 1.83. The zero-order valence-corrected chi connectivity index (χ0v) is 15.0. The standard InChI is InChI=1S/C20H23N3O3/c1-14(2)13-26-19-6-4-5-18(11-19)21-12-20(25)23-17-9-7-16(8-10-17)22-15(3)24/h4-11,21H,1,12-13H2,2-3H3,(H,22,24)(H,23,25). The van der Waals surface area contributed by atoms with Gasteiger partial charge in [0.1, 0.15) is 12.4 Å². The van der Waals surface area contributed by atoms with E-state index in [1.165, 1.54) is 6.92 Å². The molecule has 6 nitrogen and oxygen atoms in total. The second-order valence-corrected chi connectivity index (χ2v) is 5.93. The normalized spacial score (nSPS) is 9.92. The molecule has 0 saturated heterocycles. The van der Waals surface area contributed by atoms with Crippen molar-refractivity contribution in [2.75, 3.05) is 29.1 Å². The number of amides is 2. The van der Waals surface area contributed by atoms with Crippen LogP contribution in [0.25, 0.3) is 0 Å². The van der Waals surface area contributed by atoms with E-state index in [0.717, 1.165) is 11.3 Å². The first-order valence-electron chi connectivity index (χ1n) is 8.21. The molecule has 0 aliphatic carbocycles. The quantitative estimate of drug-likeness (QED) is 0.633. The van der Waals surface area contributed by atoms with Crippen LogP contribution in [0.3, 0.4) is 0 Å². The first kappa shape index (κ1) is 19.1. The van der Waals surface area contributed by atoms with Gasteiger partial charge in [-0.05, 0) is 48.9 Å². The fraction of sp³-hybridized carbons (Fsp3) is 0.200. The molecular weight excluding hydrogens is 330 g/mol. The van der Waals surface area contributed by atoms with Gasteiger partial charge < -0.3 is 20.7 Å². The van der Waals surface area contributed by atoms with E-state index in [0.29, 0.717) is 23.7 Å². The Morgan fingerprint density at radius 2 is 1.62 bits per heavy atom. The zero-order chi connectivity index (χ0) is 18.9.